The molecule has 0 aliphatic rings. The zero-order valence-corrected chi connectivity index (χ0v) is 20.8. The highest BCUT2D eigenvalue weighted by atomic mass is 14.5. The molecule has 1 unspecified atom stereocenters. The molecule has 0 aromatic heterocycles. The Morgan fingerprint density at radius 3 is 0.966 bits per heavy atom. The van der Waals surface area contributed by atoms with E-state index in [-0.39, 0.29) is 0 Å². The van der Waals surface area contributed by atoms with Gasteiger partial charge in [0.25, 0.3) is 0 Å². The largest absolute Gasteiger partial charge is 0.330 e. The van der Waals surface area contributed by atoms with Crippen molar-refractivity contribution in [3.8, 4) is 0 Å². The van der Waals surface area contributed by atoms with Gasteiger partial charge in [-0.25, -0.2) is 0 Å². The van der Waals surface area contributed by atoms with Gasteiger partial charge >= 0.3 is 0 Å². The van der Waals surface area contributed by atoms with Gasteiger partial charge in [0.05, 0.1) is 0 Å². The van der Waals surface area contributed by atoms with Crippen LogP contribution in [0.3, 0.4) is 0 Å². The number of nitrogens with two attached hydrogens (primary N) is 1. The molecule has 0 saturated carbocycles. The Labute approximate surface area is 186 Å². The summed E-state index contributed by atoms with van der Waals surface area (Å²) >= 11 is 0. The molecule has 2 N–H and O–H groups in total. The average molecular weight is 410 g/mol. The molecule has 1 nitrogen and oxygen atoms in total. The molecule has 0 aromatic rings. The minimum atomic E-state index is 0.876. The molecule has 1 atom stereocenters. The Morgan fingerprint density at radius 2 is 0.655 bits per heavy atom. The van der Waals surface area contributed by atoms with Crippen LogP contribution >= 0.6 is 0 Å². The zero-order valence-electron chi connectivity index (χ0n) is 20.8. The lowest BCUT2D eigenvalue weighted by Crippen LogP contribution is -2.03. The molecule has 0 aromatic carbocycles. The van der Waals surface area contributed by atoms with Crippen LogP contribution in [0, 0.1) is 5.92 Å². The van der Waals surface area contributed by atoms with E-state index in [1.165, 1.54) is 154 Å². The molecule has 0 saturated heterocycles. The topological polar surface area (TPSA) is 26.0 Å². The van der Waals surface area contributed by atoms with Gasteiger partial charge in [-0.1, -0.05) is 162 Å². The number of rotatable bonds is 25. The molecule has 0 spiro atoms. The summed E-state index contributed by atoms with van der Waals surface area (Å²) in [6.07, 6.45) is 34.7. The fourth-order valence-electron chi connectivity index (χ4n) is 4.67. The second-order valence-corrected chi connectivity index (χ2v) is 9.74. The van der Waals surface area contributed by atoms with Crippen molar-refractivity contribution in [2.75, 3.05) is 6.54 Å². The minimum absolute atomic E-state index is 0.876. The van der Waals surface area contributed by atoms with E-state index < -0.39 is 0 Å². The first-order chi connectivity index (χ1) is 14.3. The van der Waals surface area contributed by atoms with Crippen molar-refractivity contribution in [2.45, 2.75) is 168 Å². The molecule has 0 amide bonds. The predicted molar refractivity (Wildman–Crippen MR) is 135 cm³/mol. The van der Waals surface area contributed by atoms with Crippen LogP contribution in [0.15, 0.2) is 0 Å². The van der Waals surface area contributed by atoms with Gasteiger partial charge in [0.2, 0.25) is 0 Å². The van der Waals surface area contributed by atoms with Crippen molar-refractivity contribution in [2.24, 2.45) is 11.7 Å². The summed E-state index contributed by atoms with van der Waals surface area (Å²) in [6.45, 7) is 5.49. The van der Waals surface area contributed by atoms with Crippen molar-refractivity contribution in [1.29, 1.82) is 0 Å². The normalized spacial score (nSPS) is 12.5. The van der Waals surface area contributed by atoms with Crippen molar-refractivity contribution in [3.63, 3.8) is 0 Å². The first kappa shape index (κ1) is 29.0. The second-order valence-electron chi connectivity index (χ2n) is 9.74. The van der Waals surface area contributed by atoms with Crippen LogP contribution in [0.4, 0.5) is 0 Å². The third-order valence-electron chi connectivity index (χ3n) is 6.75. The van der Waals surface area contributed by atoms with Crippen LogP contribution in [0.25, 0.3) is 0 Å². The predicted octanol–water partition coefficient (Wildman–Crippen LogP) is 9.96. The molecule has 176 valence electrons. The second kappa shape index (κ2) is 26.0. The van der Waals surface area contributed by atoms with E-state index in [4.69, 9.17) is 5.73 Å². The summed E-state index contributed by atoms with van der Waals surface area (Å²) < 4.78 is 0. The van der Waals surface area contributed by atoms with Gasteiger partial charge in [-0.15, -0.1) is 0 Å². The van der Waals surface area contributed by atoms with Crippen LogP contribution in [-0.2, 0) is 0 Å². The lowest BCUT2D eigenvalue weighted by atomic mass is 9.89. The smallest absolute Gasteiger partial charge is 0.00773 e. The maximum absolute atomic E-state index is 5.67. The first-order valence-electron chi connectivity index (χ1n) is 14.0. The van der Waals surface area contributed by atoms with E-state index in [0.29, 0.717) is 0 Å². The van der Waals surface area contributed by atoms with Crippen LogP contribution in [0.2, 0.25) is 0 Å². The van der Waals surface area contributed by atoms with E-state index in [1.807, 2.05) is 0 Å². The summed E-state index contributed by atoms with van der Waals surface area (Å²) in [7, 11) is 0. The first-order valence-corrected chi connectivity index (χ1v) is 14.0. The van der Waals surface area contributed by atoms with Crippen LogP contribution in [0.1, 0.15) is 168 Å². The lowest BCUT2D eigenvalue weighted by Gasteiger charge is -2.17. The summed E-state index contributed by atoms with van der Waals surface area (Å²) in [5.74, 6) is 1.00. The molecule has 0 rings (SSSR count). The molecule has 29 heavy (non-hydrogen) atoms. The van der Waals surface area contributed by atoms with Gasteiger partial charge in [0, 0.05) is 0 Å². The standard InChI is InChI=1S/C28H59N/c1-3-5-7-9-11-13-14-16-18-21-25-28(26-22-19-23-27-29)24-20-17-15-12-10-8-6-4-2/h28H,3-27,29H2,1-2H3. The fourth-order valence-corrected chi connectivity index (χ4v) is 4.67. The molecule has 1 heteroatoms. The van der Waals surface area contributed by atoms with Crippen molar-refractivity contribution in [3.05, 3.63) is 0 Å². The summed E-state index contributed by atoms with van der Waals surface area (Å²) in [5.41, 5.74) is 5.67. The number of unbranched alkanes of at least 4 members (excludes halogenated alkanes) is 18. The molecule has 0 radical (unpaired) electrons. The van der Waals surface area contributed by atoms with Gasteiger partial charge in [-0.05, 0) is 18.9 Å². The van der Waals surface area contributed by atoms with E-state index in [2.05, 4.69) is 13.8 Å². The summed E-state index contributed by atoms with van der Waals surface area (Å²) in [6, 6.07) is 0. The SMILES string of the molecule is CCCCCCCCCCCCC(CCCCCN)CCCCCCCCCC. The highest BCUT2D eigenvalue weighted by Crippen LogP contribution is 2.24. The molecular formula is C28H59N. The van der Waals surface area contributed by atoms with Crippen LogP contribution in [0.5, 0.6) is 0 Å². The molecule has 0 heterocycles. The Morgan fingerprint density at radius 1 is 0.379 bits per heavy atom. The Bertz CT molecular complexity index is 275. The van der Waals surface area contributed by atoms with Gasteiger partial charge < -0.3 is 5.73 Å². The Hall–Kier alpha value is -0.0400. The van der Waals surface area contributed by atoms with Crippen LogP contribution in [-0.4, -0.2) is 6.54 Å². The van der Waals surface area contributed by atoms with E-state index in [9.17, 15) is 0 Å². The van der Waals surface area contributed by atoms with Crippen LogP contribution < -0.4 is 5.73 Å². The molecule has 0 aliphatic heterocycles. The summed E-state index contributed by atoms with van der Waals surface area (Å²) in [4.78, 5) is 0. The maximum atomic E-state index is 5.67. The molecule has 0 aliphatic carbocycles. The molecule has 0 fully saturated rings. The average Bonchev–Trinajstić information content (AvgIpc) is 2.73. The Balaban J connectivity index is 3.68. The van der Waals surface area contributed by atoms with Gasteiger partial charge in [0.15, 0.2) is 0 Å². The third kappa shape index (κ3) is 24.1. The highest BCUT2D eigenvalue weighted by molar-refractivity contribution is 4.62. The monoisotopic (exact) mass is 409 g/mol. The number of hydrogen-bond acceptors (Lipinski definition) is 1. The van der Waals surface area contributed by atoms with E-state index in [1.54, 1.807) is 0 Å². The van der Waals surface area contributed by atoms with Gasteiger partial charge in [-0.2, -0.15) is 0 Å². The third-order valence-corrected chi connectivity index (χ3v) is 6.75. The fraction of sp³-hybridized carbons (Fsp3) is 1.00. The number of hydrogen-bond donors (Lipinski definition) is 1. The van der Waals surface area contributed by atoms with Gasteiger partial charge in [0.1, 0.15) is 0 Å². The highest BCUT2D eigenvalue weighted by Gasteiger charge is 2.08. The van der Waals surface area contributed by atoms with E-state index >= 15 is 0 Å². The van der Waals surface area contributed by atoms with Crippen molar-refractivity contribution in [1.82, 2.24) is 0 Å². The van der Waals surface area contributed by atoms with Crippen molar-refractivity contribution >= 4 is 0 Å². The van der Waals surface area contributed by atoms with E-state index in [0.717, 1.165) is 12.5 Å². The lowest BCUT2D eigenvalue weighted by molar-refractivity contribution is 0.367. The molecule has 0 bridgehead atoms. The minimum Gasteiger partial charge on any atom is -0.330 e. The zero-order chi connectivity index (χ0) is 21.3. The summed E-state index contributed by atoms with van der Waals surface area (Å²) in [5, 5.41) is 0. The quantitative estimate of drug-likeness (QED) is 0.149. The van der Waals surface area contributed by atoms with Crippen molar-refractivity contribution < 1.29 is 0 Å². The van der Waals surface area contributed by atoms with Gasteiger partial charge in [-0.3, -0.25) is 0 Å². The molecular weight excluding hydrogens is 350 g/mol. The maximum Gasteiger partial charge on any atom is -0.00773 e. The Kier molecular flexibility index (Phi) is 26.0.